The molecule has 2 aliphatic rings. The minimum atomic E-state index is -3.46. The highest BCUT2D eigenvalue weighted by Gasteiger charge is 2.39. The third kappa shape index (κ3) is 5.08. The van der Waals surface area contributed by atoms with E-state index in [0.29, 0.717) is 25.4 Å². The monoisotopic (exact) mass is 470 g/mol. The Morgan fingerprint density at radius 1 is 1.18 bits per heavy atom. The number of anilines is 2. The molecule has 0 bridgehead atoms. The zero-order chi connectivity index (χ0) is 23.4. The summed E-state index contributed by atoms with van der Waals surface area (Å²) in [6.07, 6.45) is 0. The highest BCUT2D eigenvalue weighted by Crippen LogP contribution is 2.49. The van der Waals surface area contributed by atoms with Crippen molar-refractivity contribution in [1.29, 1.82) is 5.26 Å². The van der Waals surface area contributed by atoms with E-state index in [-0.39, 0.29) is 17.7 Å². The molecule has 2 aromatic rings. The van der Waals surface area contributed by atoms with Crippen molar-refractivity contribution in [2.24, 2.45) is 0 Å². The number of nitrogens with zero attached hydrogens (tertiary/aromatic N) is 3. The number of hydrogen-bond donors (Lipinski definition) is 1. The van der Waals surface area contributed by atoms with Crippen molar-refractivity contribution >= 4 is 21.4 Å². The molecule has 33 heavy (non-hydrogen) atoms. The van der Waals surface area contributed by atoms with Crippen LogP contribution in [-0.2, 0) is 14.8 Å². The Hall–Kier alpha value is -2.80. The summed E-state index contributed by atoms with van der Waals surface area (Å²) in [5.41, 5.74) is 3.48. The second-order valence-corrected chi connectivity index (χ2v) is 10.1. The molecule has 4 rings (SSSR count). The molecule has 0 aliphatic carbocycles. The largest absolute Gasteiger partial charge is 0.497 e. The molecule has 0 amide bonds. The topological polar surface area (TPSA) is 94.9 Å². The van der Waals surface area contributed by atoms with Crippen molar-refractivity contribution in [1.82, 2.24) is 4.90 Å². The molecule has 0 aromatic heterocycles. The number of benzene rings is 2. The van der Waals surface area contributed by atoms with E-state index in [1.54, 1.807) is 19.2 Å². The maximum atomic E-state index is 12.6. The molecule has 1 saturated heterocycles. The van der Waals surface area contributed by atoms with Crippen LogP contribution in [0.3, 0.4) is 0 Å². The lowest BCUT2D eigenvalue weighted by Crippen LogP contribution is -2.39. The average Bonchev–Trinajstić information content (AvgIpc) is 3.16. The number of likely N-dealkylation sites (N-methyl/N-ethyl adjacent to an activating group) is 1. The van der Waals surface area contributed by atoms with Crippen molar-refractivity contribution in [2.45, 2.75) is 18.9 Å². The number of hydrogen-bond acceptors (Lipinski definition) is 7. The predicted molar refractivity (Wildman–Crippen MR) is 128 cm³/mol. The number of nitrogens with one attached hydrogen (secondary N) is 1. The van der Waals surface area contributed by atoms with Crippen molar-refractivity contribution in [3.63, 3.8) is 0 Å². The zero-order valence-electron chi connectivity index (χ0n) is 19.0. The van der Waals surface area contributed by atoms with Crippen LogP contribution in [0, 0.1) is 11.3 Å². The highest BCUT2D eigenvalue weighted by molar-refractivity contribution is 7.92. The van der Waals surface area contributed by atoms with Crippen LogP contribution in [0.15, 0.2) is 42.5 Å². The van der Waals surface area contributed by atoms with Crippen LogP contribution < -0.4 is 14.4 Å². The van der Waals surface area contributed by atoms with Crippen LogP contribution in [0.1, 0.15) is 30.0 Å². The first-order valence-electron chi connectivity index (χ1n) is 11.2. The number of sulfonamides is 1. The fraction of sp³-hybridized carbons (Fsp3) is 0.458. The Morgan fingerprint density at radius 3 is 2.55 bits per heavy atom. The van der Waals surface area contributed by atoms with Crippen LogP contribution >= 0.6 is 0 Å². The lowest BCUT2D eigenvalue weighted by Gasteiger charge is -2.28. The van der Waals surface area contributed by atoms with Gasteiger partial charge in [0.15, 0.2) is 0 Å². The number of ether oxygens (including phenoxy) is 2. The number of rotatable bonds is 8. The third-order valence-electron chi connectivity index (χ3n) is 6.32. The minimum absolute atomic E-state index is 0.0363. The van der Waals surface area contributed by atoms with E-state index < -0.39 is 10.0 Å². The Bertz CT molecular complexity index is 1110. The Labute approximate surface area is 195 Å². The summed E-state index contributed by atoms with van der Waals surface area (Å²) in [5, 5.41) is 9.95. The highest BCUT2D eigenvalue weighted by atomic mass is 32.2. The van der Waals surface area contributed by atoms with Gasteiger partial charge in [0.05, 0.1) is 44.1 Å². The fourth-order valence-electron chi connectivity index (χ4n) is 4.59. The smallest absolute Gasteiger partial charge is 0.233 e. The first-order chi connectivity index (χ1) is 16.0. The molecule has 9 heteroatoms. The number of methoxy groups -OCH3 is 1. The van der Waals surface area contributed by atoms with Crippen LogP contribution in [0.4, 0.5) is 11.4 Å². The summed E-state index contributed by atoms with van der Waals surface area (Å²) in [4.78, 5) is 4.30. The second-order valence-electron chi connectivity index (χ2n) is 8.26. The second kappa shape index (κ2) is 10.00. The molecule has 2 heterocycles. The number of nitriles is 1. The van der Waals surface area contributed by atoms with Gasteiger partial charge in [-0.15, -0.1) is 0 Å². The van der Waals surface area contributed by atoms with Crippen molar-refractivity contribution < 1.29 is 17.9 Å². The standard InChI is InChI=1S/C24H30N4O4S/c1-3-28-23-16-20(31-2)8-9-21(23)22(17-25)24(28)18-4-6-19(7-5-18)26-33(29,30)15-12-27-10-13-32-14-11-27/h4-9,16,22,24,26H,3,10-15H2,1-2H3. The van der Waals surface area contributed by atoms with Gasteiger partial charge in [0, 0.05) is 43.6 Å². The van der Waals surface area contributed by atoms with Gasteiger partial charge < -0.3 is 14.4 Å². The summed E-state index contributed by atoms with van der Waals surface area (Å²) in [6.45, 7) is 6.08. The Morgan fingerprint density at radius 2 is 1.91 bits per heavy atom. The van der Waals surface area contributed by atoms with Crippen molar-refractivity contribution in [2.75, 3.05) is 61.9 Å². The van der Waals surface area contributed by atoms with E-state index in [1.165, 1.54) is 0 Å². The van der Waals surface area contributed by atoms with Gasteiger partial charge in [-0.05, 0) is 36.2 Å². The summed E-state index contributed by atoms with van der Waals surface area (Å²) < 4.78 is 38.5. The normalized spacial score (nSPS) is 20.8. The minimum Gasteiger partial charge on any atom is -0.497 e. The summed E-state index contributed by atoms with van der Waals surface area (Å²) in [6, 6.07) is 15.5. The van der Waals surface area contributed by atoms with E-state index in [4.69, 9.17) is 9.47 Å². The molecular formula is C24H30N4O4S. The van der Waals surface area contributed by atoms with Crippen LogP contribution in [0.2, 0.25) is 0 Å². The molecule has 8 nitrogen and oxygen atoms in total. The molecule has 0 spiro atoms. The van der Waals surface area contributed by atoms with Gasteiger partial charge in [-0.2, -0.15) is 5.26 Å². The van der Waals surface area contributed by atoms with Crippen LogP contribution in [-0.4, -0.2) is 65.6 Å². The van der Waals surface area contributed by atoms with Gasteiger partial charge in [-0.1, -0.05) is 18.2 Å². The van der Waals surface area contributed by atoms with E-state index >= 15 is 0 Å². The number of morpholine rings is 1. The lowest BCUT2D eigenvalue weighted by atomic mass is 9.91. The number of fused-ring (bicyclic) bond motifs is 1. The average molecular weight is 471 g/mol. The molecular weight excluding hydrogens is 440 g/mol. The van der Waals surface area contributed by atoms with Crippen LogP contribution in [0.5, 0.6) is 5.75 Å². The van der Waals surface area contributed by atoms with E-state index in [9.17, 15) is 13.7 Å². The molecule has 2 aliphatic heterocycles. The lowest BCUT2D eigenvalue weighted by molar-refractivity contribution is 0.0408. The van der Waals surface area contributed by atoms with Crippen LogP contribution in [0.25, 0.3) is 0 Å². The molecule has 1 fully saturated rings. The van der Waals surface area contributed by atoms with Gasteiger partial charge in [-0.3, -0.25) is 9.62 Å². The first kappa shape index (κ1) is 23.4. The van der Waals surface area contributed by atoms with E-state index in [1.807, 2.05) is 30.3 Å². The summed E-state index contributed by atoms with van der Waals surface area (Å²) >= 11 is 0. The molecule has 2 unspecified atom stereocenters. The first-order valence-corrected chi connectivity index (χ1v) is 12.9. The van der Waals surface area contributed by atoms with E-state index in [0.717, 1.165) is 42.2 Å². The predicted octanol–water partition coefficient (Wildman–Crippen LogP) is 2.96. The molecule has 2 atom stereocenters. The summed E-state index contributed by atoms with van der Waals surface area (Å²) in [7, 11) is -1.83. The molecule has 2 aromatic carbocycles. The fourth-order valence-corrected chi connectivity index (χ4v) is 5.69. The summed E-state index contributed by atoms with van der Waals surface area (Å²) in [5.74, 6) is 0.475. The van der Waals surface area contributed by atoms with Gasteiger partial charge in [0.1, 0.15) is 5.75 Å². The van der Waals surface area contributed by atoms with Gasteiger partial charge in [0.2, 0.25) is 10.0 Å². The molecule has 1 N–H and O–H groups in total. The van der Waals surface area contributed by atoms with Gasteiger partial charge >= 0.3 is 0 Å². The van der Waals surface area contributed by atoms with E-state index in [2.05, 4.69) is 27.5 Å². The third-order valence-corrected chi connectivity index (χ3v) is 7.59. The Kier molecular flexibility index (Phi) is 7.08. The van der Waals surface area contributed by atoms with Gasteiger partial charge in [0.25, 0.3) is 0 Å². The SMILES string of the molecule is CCN1c2cc(OC)ccc2C(C#N)C1c1ccc(NS(=O)(=O)CCN2CCOCC2)cc1. The molecule has 0 radical (unpaired) electrons. The molecule has 0 saturated carbocycles. The molecule has 176 valence electrons. The quantitative estimate of drug-likeness (QED) is 0.634. The maximum absolute atomic E-state index is 12.6. The van der Waals surface area contributed by atoms with Crippen molar-refractivity contribution in [3.05, 3.63) is 53.6 Å². The maximum Gasteiger partial charge on any atom is 0.233 e. The zero-order valence-corrected chi connectivity index (χ0v) is 19.8. The Balaban J connectivity index is 1.48. The van der Waals surface area contributed by atoms with Gasteiger partial charge in [-0.25, -0.2) is 8.42 Å². The van der Waals surface area contributed by atoms with Crippen molar-refractivity contribution in [3.8, 4) is 11.8 Å².